The van der Waals surface area contributed by atoms with Crippen molar-refractivity contribution in [2.75, 3.05) is 11.9 Å². The highest BCUT2D eigenvalue weighted by Gasteiger charge is 2.27. The van der Waals surface area contributed by atoms with Gasteiger partial charge >= 0.3 is 12.0 Å². The van der Waals surface area contributed by atoms with E-state index >= 15 is 0 Å². The van der Waals surface area contributed by atoms with E-state index < -0.39 is 17.4 Å². The van der Waals surface area contributed by atoms with Crippen LogP contribution in [0.5, 0.6) is 0 Å². The maximum Gasteiger partial charge on any atom is 0.319 e. The lowest BCUT2D eigenvalue weighted by Gasteiger charge is -2.19. The summed E-state index contributed by atoms with van der Waals surface area (Å²) in [7, 11) is 0. The van der Waals surface area contributed by atoms with Gasteiger partial charge in [-0.2, -0.15) is 5.26 Å². The van der Waals surface area contributed by atoms with Crippen molar-refractivity contribution < 1.29 is 14.7 Å². The number of carbonyl (C=O) groups excluding carboxylic acids is 1. The number of carbonyl (C=O) groups is 2. The summed E-state index contributed by atoms with van der Waals surface area (Å²) in [6.45, 7) is 3.10. The van der Waals surface area contributed by atoms with Gasteiger partial charge in [0.2, 0.25) is 0 Å². The van der Waals surface area contributed by atoms with Crippen molar-refractivity contribution in [2.24, 2.45) is 5.41 Å². The van der Waals surface area contributed by atoms with Crippen LogP contribution in [0.3, 0.4) is 0 Å². The number of rotatable bonds is 5. The first kappa shape index (κ1) is 15.5. The van der Waals surface area contributed by atoms with Gasteiger partial charge in [-0.05, 0) is 31.5 Å². The number of nitrogens with one attached hydrogen (secondary N) is 2. The zero-order chi connectivity index (χ0) is 15.2. The summed E-state index contributed by atoms with van der Waals surface area (Å²) in [5, 5.41) is 22.6. The molecule has 0 aliphatic rings. The summed E-state index contributed by atoms with van der Waals surface area (Å²) in [6.07, 6.45) is 0.319. The van der Waals surface area contributed by atoms with Gasteiger partial charge in [0.25, 0.3) is 0 Å². The number of hydrogen-bond donors (Lipinski definition) is 3. The average Bonchev–Trinajstić information content (AvgIpc) is 2.39. The molecule has 0 spiro atoms. The molecular weight excluding hydrogens is 258 g/mol. The molecule has 0 saturated carbocycles. The van der Waals surface area contributed by atoms with Gasteiger partial charge in [0.15, 0.2) is 0 Å². The fourth-order valence-electron chi connectivity index (χ4n) is 1.35. The van der Waals surface area contributed by atoms with Crippen LogP contribution in [0.1, 0.15) is 19.4 Å². The maximum absolute atomic E-state index is 11.6. The van der Waals surface area contributed by atoms with Crippen molar-refractivity contribution in [1.82, 2.24) is 5.32 Å². The molecule has 0 atom stereocenters. The minimum absolute atomic E-state index is 0.0285. The Morgan fingerprint density at radius 3 is 2.40 bits per heavy atom. The highest BCUT2D eigenvalue weighted by molar-refractivity contribution is 5.89. The number of benzene rings is 1. The monoisotopic (exact) mass is 275 g/mol. The first-order valence-corrected chi connectivity index (χ1v) is 6.09. The SMILES string of the molecule is CC(C)(CNC(=O)Nc1ccc(CC#N)cc1)C(=O)O. The fourth-order valence-corrected chi connectivity index (χ4v) is 1.35. The van der Waals surface area contributed by atoms with E-state index in [1.807, 2.05) is 6.07 Å². The van der Waals surface area contributed by atoms with E-state index in [0.29, 0.717) is 12.1 Å². The number of carboxylic acids is 1. The van der Waals surface area contributed by atoms with E-state index in [-0.39, 0.29) is 6.54 Å². The summed E-state index contributed by atoms with van der Waals surface area (Å²) in [5.74, 6) is -0.973. The Hall–Kier alpha value is -2.55. The molecule has 0 aliphatic heterocycles. The number of aliphatic carboxylic acids is 1. The molecule has 0 heterocycles. The molecule has 0 unspecified atom stereocenters. The van der Waals surface area contributed by atoms with Gasteiger partial charge in [-0.15, -0.1) is 0 Å². The van der Waals surface area contributed by atoms with Gasteiger partial charge in [0, 0.05) is 12.2 Å². The van der Waals surface area contributed by atoms with Gasteiger partial charge in [0.05, 0.1) is 17.9 Å². The lowest BCUT2D eigenvalue weighted by Crippen LogP contribution is -2.40. The van der Waals surface area contributed by atoms with Crippen molar-refractivity contribution in [3.8, 4) is 6.07 Å². The number of amides is 2. The highest BCUT2D eigenvalue weighted by atomic mass is 16.4. The molecular formula is C14H17N3O3. The van der Waals surface area contributed by atoms with Crippen molar-refractivity contribution in [3.05, 3.63) is 29.8 Å². The van der Waals surface area contributed by atoms with E-state index in [4.69, 9.17) is 10.4 Å². The third kappa shape index (κ3) is 4.61. The third-order valence-corrected chi connectivity index (χ3v) is 2.76. The van der Waals surface area contributed by atoms with Crippen molar-refractivity contribution >= 4 is 17.7 Å². The topological polar surface area (TPSA) is 102 Å². The molecule has 6 heteroatoms. The van der Waals surface area contributed by atoms with E-state index in [0.717, 1.165) is 5.56 Å². The third-order valence-electron chi connectivity index (χ3n) is 2.76. The van der Waals surface area contributed by atoms with Gasteiger partial charge < -0.3 is 15.7 Å². The van der Waals surface area contributed by atoms with Crippen LogP contribution in [0, 0.1) is 16.7 Å². The summed E-state index contributed by atoms with van der Waals surface area (Å²) < 4.78 is 0. The Bertz CT molecular complexity index is 530. The minimum atomic E-state index is -1.02. The smallest absolute Gasteiger partial charge is 0.319 e. The predicted molar refractivity (Wildman–Crippen MR) is 74.2 cm³/mol. The van der Waals surface area contributed by atoms with Crippen molar-refractivity contribution in [1.29, 1.82) is 5.26 Å². The Morgan fingerprint density at radius 2 is 1.90 bits per heavy atom. The molecule has 0 bridgehead atoms. The van der Waals surface area contributed by atoms with E-state index in [9.17, 15) is 9.59 Å². The molecule has 0 aromatic heterocycles. The summed E-state index contributed by atoms with van der Waals surface area (Å²) in [5.41, 5.74) is 0.427. The molecule has 1 aromatic carbocycles. The Kier molecular flexibility index (Phi) is 5.09. The molecule has 6 nitrogen and oxygen atoms in total. The molecule has 0 saturated heterocycles. The van der Waals surface area contributed by atoms with Crippen LogP contribution in [0.2, 0.25) is 0 Å². The molecule has 1 aromatic rings. The van der Waals surface area contributed by atoms with E-state index in [2.05, 4.69) is 10.6 Å². The van der Waals surface area contributed by atoms with Crippen LogP contribution in [-0.2, 0) is 11.2 Å². The van der Waals surface area contributed by atoms with Crippen LogP contribution in [-0.4, -0.2) is 23.7 Å². The number of nitriles is 1. The lowest BCUT2D eigenvalue weighted by molar-refractivity contribution is -0.146. The average molecular weight is 275 g/mol. The fraction of sp³-hybridized carbons (Fsp3) is 0.357. The summed E-state index contributed by atoms with van der Waals surface area (Å²) in [4.78, 5) is 22.5. The first-order chi connectivity index (χ1) is 9.35. The Balaban J connectivity index is 2.51. The van der Waals surface area contributed by atoms with Gasteiger partial charge in [-0.1, -0.05) is 12.1 Å². The molecule has 1 rings (SSSR count). The Morgan fingerprint density at radius 1 is 1.30 bits per heavy atom. The molecule has 20 heavy (non-hydrogen) atoms. The van der Waals surface area contributed by atoms with E-state index in [1.165, 1.54) is 13.8 Å². The standard InChI is InChI=1S/C14H17N3O3/c1-14(2,12(18)19)9-16-13(20)17-11-5-3-10(4-6-11)7-8-15/h3-6H,7,9H2,1-2H3,(H,18,19)(H2,16,17,20). The predicted octanol–water partition coefficient (Wildman–Crippen LogP) is 1.98. The van der Waals surface area contributed by atoms with Crippen LogP contribution in [0.15, 0.2) is 24.3 Å². The molecule has 106 valence electrons. The van der Waals surface area contributed by atoms with E-state index in [1.54, 1.807) is 24.3 Å². The number of hydrogen-bond acceptors (Lipinski definition) is 3. The highest BCUT2D eigenvalue weighted by Crippen LogP contribution is 2.13. The van der Waals surface area contributed by atoms with Crippen LogP contribution >= 0.6 is 0 Å². The molecule has 0 aliphatic carbocycles. The quantitative estimate of drug-likeness (QED) is 0.764. The molecule has 0 radical (unpaired) electrons. The number of carboxylic acid groups (broad SMARTS) is 1. The second-order valence-corrected chi connectivity index (χ2v) is 5.03. The normalized spacial score (nSPS) is 10.4. The first-order valence-electron chi connectivity index (χ1n) is 6.09. The van der Waals surface area contributed by atoms with Gasteiger partial charge in [-0.3, -0.25) is 4.79 Å². The lowest BCUT2D eigenvalue weighted by atomic mass is 9.94. The number of nitrogens with zero attached hydrogens (tertiary/aromatic N) is 1. The molecule has 0 fully saturated rings. The van der Waals surface area contributed by atoms with Crippen LogP contribution in [0.25, 0.3) is 0 Å². The van der Waals surface area contributed by atoms with Gasteiger partial charge in [0.1, 0.15) is 0 Å². The van der Waals surface area contributed by atoms with Crippen LogP contribution < -0.4 is 10.6 Å². The zero-order valence-electron chi connectivity index (χ0n) is 11.4. The Labute approximate surface area is 117 Å². The van der Waals surface area contributed by atoms with Gasteiger partial charge in [-0.25, -0.2) is 4.79 Å². The second kappa shape index (κ2) is 6.57. The largest absolute Gasteiger partial charge is 0.481 e. The maximum atomic E-state index is 11.6. The summed E-state index contributed by atoms with van der Waals surface area (Å²) >= 11 is 0. The van der Waals surface area contributed by atoms with Crippen LogP contribution in [0.4, 0.5) is 10.5 Å². The molecule has 3 N–H and O–H groups in total. The second-order valence-electron chi connectivity index (χ2n) is 5.03. The zero-order valence-corrected chi connectivity index (χ0v) is 11.4. The number of anilines is 1. The summed E-state index contributed by atoms with van der Waals surface area (Å²) in [6, 6.07) is 8.45. The molecule has 2 amide bonds. The van der Waals surface area contributed by atoms with Crippen molar-refractivity contribution in [3.63, 3.8) is 0 Å². The van der Waals surface area contributed by atoms with Crippen molar-refractivity contribution in [2.45, 2.75) is 20.3 Å². The minimum Gasteiger partial charge on any atom is -0.481 e. The number of urea groups is 1.